The SMILES string of the molecule is COCCOCCCCNCc1cc(Br)cs1. The average Bonchev–Trinajstić information content (AvgIpc) is 2.73. The highest BCUT2D eigenvalue weighted by molar-refractivity contribution is 9.10. The fourth-order valence-corrected chi connectivity index (χ4v) is 2.78. The first-order valence-electron chi connectivity index (χ1n) is 5.83. The standard InChI is InChI=1S/C12H20BrNO2S/c1-15-6-7-16-5-3-2-4-14-9-12-8-11(13)10-17-12/h8,10,14H,2-7,9H2,1H3. The number of nitrogens with one attached hydrogen (secondary N) is 1. The Kier molecular flexibility index (Phi) is 8.92. The smallest absolute Gasteiger partial charge is 0.0700 e. The van der Waals surface area contributed by atoms with Crippen LogP contribution in [-0.4, -0.2) is 33.5 Å². The third-order valence-electron chi connectivity index (χ3n) is 2.25. The van der Waals surface area contributed by atoms with Crippen molar-refractivity contribution in [1.29, 1.82) is 0 Å². The van der Waals surface area contributed by atoms with Gasteiger partial charge in [-0.2, -0.15) is 0 Å². The highest BCUT2D eigenvalue weighted by Gasteiger charge is 1.96. The summed E-state index contributed by atoms with van der Waals surface area (Å²) < 4.78 is 11.5. The summed E-state index contributed by atoms with van der Waals surface area (Å²) in [6, 6.07) is 2.16. The van der Waals surface area contributed by atoms with Crippen LogP contribution in [0.2, 0.25) is 0 Å². The number of rotatable bonds is 10. The number of unbranched alkanes of at least 4 members (excludes halogenated alkanes) is 1. The molecule has 1 aromatic heterocycles. The molecule has 0 saturated carbocycles. The maximum atomic E-state index is 5.39. The van der Waals surface area contributed by atoms with Gasteiger partial charge in [-0.1, -0.05) is 0 Å². The van der Waals surface area contributed by atoms with Crippen molar-refractivity contribution in [2.75, 3.05) is 33.5 Å². The topological polar surface area (TPSA) is 30.5 Å². The lowest BCUT2D eigenvalue weighted by molar-refractivity contribution is 0.0688. The molecule has 5 heteroatoms. The number of ether oxygens (including phenoxy) is 2. The van der Waals surface area contributed by atoms with Gasteiger partial charge in [-0.15, -0.1) is 11.3 Å². The molecular weight excluding hydrogens is 302 g/mol. The summed E-state index contributed by atoms with van der Waals surface area (Å²) in [7, 11) is 1.69. The predicted molar refractivity (Wildman–Crippen MR) is 75.7 cm³/mol. The third kappa shape index (κ3) is 7.89. The Labute approximate surface area is 116 Å². The van der Waals surface area contributed by atoms with E-state index in [9.17, 15) is 0 Å². The quantitative estimate of drug-likeness (QED) is 0.672. The molecule has 0 aliphatic heterocycles. The Bertz CT molecular complexity index is 294. The molecular formula is C12H20BrNO2S. The van der Waals surface area contributed by atoms with Crippen LogP contribution in [0.1, 0.15) is 17.7 Å². The van der Waals surface area contributed by atoms with Gasteiger partial charge in [0.15, 0.2) is 0 Å². The molecule has 0 aliphatic carbocycles. The lowest BCUT2D eigenvalue weighted by Crippen LogP contribution is -2.14. The Balaban J connectivity index is 1.84. The number of thiophene rings is 1. The van der Waals surface area contributed by atoms with Crippen molar-refractivity contribution in [3.05, 3.63) is 20.8 Å². The molecule has 0 spiro atoms. The van der Waals surface area contributed by atoms with Crippen LogP contribution in [0.4, 0.5) is 0 Å². The number of methoxy groups -OCH3 is 1. The van der Waals surface area contributed by atoms with Crippen LogP contribution in [0.3, 0.4) is 0 Å². The van der Waals surface area contributed by atoms with Gasteiger partial charge in [-0.3, -0.25) is 0 Å². The molecule has 0 atom stereocenters. The van der Waals surface area contributed by atoms with Crippen molar-refractivity contribution in [2.45, 2.75) is 19.4 Å². The highest BCUT2D eigenvalue weighted by Crippen LogP contribution is 2.19. The summed E-state index contributed by atoms with van der Waals surface area (Å²) in [5.74, 6) is 0. The van der Waals surface area contributed by atoms with Crippen molar-refractivity contribution < 1.29 is 9.47 Å². The number of hydrogen-bond donors (Lipinski definition) is 1. The van der Waals surface area contributed by atoms with E-state index in [0.29, 0.717) is 13.2 Å². The van der Waals surface area contributed by atoms with E-state index < -0.39 is 0 Å². The zero-order valence-electron chi connectivity index (χ0n) is 10.2. The van der Waals surface area contributed by atoms with E-state index in [1.165, 1.54) is 9.35 Å². The van der Waals surface area contributed by atoms with Gasteiger partial charge in [0.2, 0.25) is 0 Å². The minimum Gasteiger partial charge on any atom is -0.382 e. The van der Waals surface area contributed by atoms with Crippen LogP contribution < -0.4 is 5.32 Å². The van der Waals surface area contributed by atoms with Crippen LogP contribution in [0, 0.1) is 0 Å². The fourth-order valence-electron chi connectivity index (χ4n) is 1.36. The van der Waals surface area contributed by atoms with Crippen LogP contribution >= 0.6 is 27.3 Å². The Morgan fingerprint density at radius 1 is 1.29 bits per heavy atom. The Morgan fingerprint density at radius 3 is 2.88 bits per heavy atom. The van der Waals surface area contributed by atoms with E-state index in [0.717, 1.165) is 32.5 Å². The van der Waals surface area contributed by atoms with Crippen molar-refractivity contribution >= 4 is 27.3 Å². The van der Waals surface area contributed by atoms with E-state index in [1.54, 1.807) is 18.4 Å². The summed E-state index contributed by atoms with van der Waals surface area (Å²) in [5.41, 5.74) is 0. The van der Waals surface area contributed by atoms with Gasteiger partial charge in [0.1, 0.15) is 0 Å². The van der Waals surface area contributed by atoms with Gasteiger partial charge in [0, 0.05) is 35.0 Å². The summed E-state index contributed by atoms with van der Waals surface area (Å²) in [5, 5.41) is 5.54. The minimum atomic E-state index is 0.686. The monoisotopic (exact) mass is 321 g/mol. The predicted octanol–water partition coefficient (Wildman–Crippen LogP) is 3.04. The molecule has 1 heterocycles. The van der Waals surface area contributed by atoms with Crippen molar-refractivity contribution in [2.24, 2.45) is 0 Å². The molecule has 3 nitrogen and oxygen atoms in total. The van der Waals surface area contributed by atoms with Crippen molar-refractivity contribution in [1.82, 2.24) is 5.32 Å². The van der Waals surface area contributed by atoms with E-state index in [-0.39, 0.29) is 0 Å². The zero-order chi connectivity index (χ0) is 12.3. The molecule has 0 aromatic carbocycles. The van der Waals surface area contributed by atoms with Gasteiger partial charge >= 0.3 is 0 Å². The molecule has 0 aliphatic rings. The summed E-state index contributed by atoms with van der Waals surface area (Å²) in [6.07, 6.45) is 2.25. The van der Waals surface area contributed by atoms with E-state index >= 15 is 0 Å². The second-order valence-corrected chi connectivity index (χ2v) is 5.63. The van der Waals surface area contributed by atoms with Crippen LogP contribution in [0.5, 0.6) is 0 Å². The van der Waals surface area contributed by atoms with E-state index in [4.69, 9.17) is 9.47 Å². The molecule has 0 unspecified atom stereocenters. The van der Waals surface area contributed by atoms with Crippen molar-refractivity contribution in [3.63, 3.8) is 0 Å². The maximum Gasteiger partial charge on any atom is 0.0700 e. The molecule has 1 aromatic rings. The fraction of sp³-hybridized carbons (Fsp3) is 0.667. The first-order chi connectivity index (χ1) is 8.33. The Hall–Kier alpha value is 0.0600. The lowest BCUT2D eigenvalue weighted by atomic mass is 10.3. The summed E-state index contributed by atoms with van der Waals surface area (Å²) >= 11 is 5.23. The van der Waals surface area contributed by atoms with Crippen LogP contribution in [0.25, 0.3) is 0 Å². The number of halogens is 1. The molecule has 0 saturated heterocycles. The molecule has 98 valence electrons. The summed E-state index contributed by atoms with van der Waals surface area (Å²) in [4.78, 5) is 1.37. The molecule has 0 amide bonds. The van der Waals surface area contributed by atoms with Crippen molar-refractivity contribution in [3.8, 4) is 0 Å². The molecule has 0 bridgehead atoms. The average molecular weight is 322 g/mol. The van der Waals surface area contributed by atoms with E-state index in [1.807, 2.05) is 0 Å². The largest absolute Gasteiger partial charge is 0.382 e. The molecule has 17 heavy (non-hydrogen) atoms. The molecule has 0 radical (unpaired) electrons. The second-order valence-electron chi connectivity index (χ2n) is 3.72. The molecule has 1 N–H and O–H groups in total. The maximum absolute atomic E-state index is 5.39. The first-order valence-corrected chi connectivity index (χ1v) is 7.50. The third-order valence-corrected chi connectivity index (χ3v) is 3.94. The van der Waals surface area contributed by atoms with Gasteiger partial charge in [0.25, 0.3) is 0 Å². The molecule has 1 rings (SSSR count). The number of hydrogen-bond acceptors (Lipinski definition) is 4. The first kappa shape index (κ1) is 15.1. The van der Waals surface area contributed by atoms with Gasteiger partial charge in [0.05, 0.1) is 13.2 Å². The molecule has 0 fully saturated rings. The van der Waals surface area contributed by atoms with Gasteiger partial charge < -0.3 is 14.8 Å². The van der Waals surface area contributed by atoms with Gasteiger partial charge in [-0.25, -0.2) is 0 Å². The lowest BCUT2D eigenvalue weighted by Gasteiger charge is -2.04. The highest BCUT2D eigenvalue weighted by atomic mass is 79.9. The van der Waals surface area contributed by atoms with Crippen LogP contribution in [0.15, 0.2) is 15.9 Å². The normalized spacial score (nSPS) is 10.9. The second kappa shape index (κ2) is 10.0. The minimum absolute atomic E-state index is 0.686. The Morgan fingerprint density at radius 2 is 2.18 bits per heavy atom. The van der Waals surface area contributed by atoms with E-state index in [2.05, 4.69) is 32.7 Å². The van der Waals surface area contributed by atoms with Gasteiger partial charge in [-0.05, 0) is 41.4 Å². The summed E-state index contributed by atoms with van der Waals surface area (Å²) in [6.45, 7) is 4.22. The van der Waals surface area contributed by atoms with Crippen LogP contribution in [-0.2, 0) is 16.0 Å². The zero-order valence-corrected chi connectivity index (χ0v) is 12.6.